The van der Waals surface area contributed by atoms with E-state index < -0.39 is 34.8 Å². The lowest BCUT2D eigenvalue weighted by molar-refractivity contribution is -0.141. The number of rotatable bonds is 7. The molecule has 0 heterocycles. The van der Waals surface area contributed by atoms with E-state index in [1.54, 1.807) is 6.26 Å². The number of carboxylic acids is 1. The fourth-order valence-electron chi connectivity index (χ4n) is 1.47. The highest BCUT2D eigenvalue weighted by Gasteiger charge is 2.19. The third-order valence-electron chi connectivity index (χ3n) is 2.36. The van der Waals surface area contributed by atoms with Crippen LogP contribution in [0.2, 0.25) is 0 Å². The van der Waals surface area contributed by atoms with Gasteiger partial charge >= 0.3 is 5.97 Å². The van der Waals surface area contributed by atoms with Crippen LogP contribution in [0.3, 0.4) is 0 Å². The SMILES string of the molecule is CC(C)C[C@H](N)C(=O)N[C@@H](C)C(=O)O.CC(C)C[S@@](C)=O. The van der Waals surface area contributed by atoms with Gasteiger partial charge in [0.25, 0.3) is 0 Å². The zero-order valence-electron chi connectivity index (χ0n) is 13.9. The first-order chi connectivity index (χ1) is 9.47. The van der Waals surface area contributed by atoms with Gasteiger partial charge < -0.3 is 16.2 Å². The summed E-state index contributed by atoms with van der Waals surface area (Å²) in [5, 5.41) is 10.9. The summed E-state index contributed by atoms with van der Waals surface area (Å²) in [6, 6.07) is -1.52. The van der Waals surface area contributed by atoms with Crippen LogP contribution in [0, 0.1) is 11.8 Å². The van der Waals surface area contributed by atoms with Crippen LogP contribution in [0.25, 0.3) is 0 Å². The van der Waals surface area contributed by atoms with Crippen molar-refractivity contribution in [1.29, 1.82) is 0 Å². The van der Waals surface area contributed by atoms with Crippen LogP contribution in [-0.2, 0) is 20.4 Å². The van der Waals surface area contributed by atoms with Crippen molar-refractivity contribution in [3.05, 3.63) is 0 Å². The molecule has 0 saturated heterocycles. The van der Waals surface area contributed by atoms with Crippen LogP contribution in [0.15, 0.2) is 0 Å². The summed E-state index contributed by atoms with van der Waals surface area (Å²) in [4.78, 5) is 21.7. The van der Waals surface area contributed by atoms with Gasteiger partial charge in [-0.25, -0.2) is 0 Å². The van der Waals surface area contributed by atoms with E-state index in [9.17, 15) is 13.8 Å². The van der Waals surface area contributed by atoms with E-state index >= 15 is 0 Å². The molecule has 4 N–H and O–H groups in total. The van der Waals surface area contributed by atoms with E-state index in [1.807, 2.05) is 13.8 Å². The van der Waals surface area contributed by atoms with Crippen molar-refractivity contribution in [1.82, 2.24) is 5.32 Å². The van der Waals surface area contributed by atoms with Gasteiger partial charge in [0.15, 0.2) is 0 Å². The zero-order valence-corrected chi connectivity index (χ0v) is 14.7. The fraction of sp³-hybridized carbons (Fsp3) is 0.857. The van der Waals surface area contributed by atoms with Gasteiger partial charge in [-0.3, -0.25) is 13.8 Å². The predicted octanol–water partition coefficient (Wildman–Crippen LogP) is 0.970. The highest BCUT2D eigenvalue weighted by Crippen LogP contribution is 2.02. The van der Waals surface area contributed by atoms with E-state index in [2.05, 4.69) is 19.2 Å². The molecular weight excluding hydrogens is 292 g/mol. The standard InChI is InChI=1S/C9H18N2O3.C5H12OS/c1-5(2)4-7(10)8(12)11-6(3)9(13)14;1-5(2)4-7(3)6/h5-7H,4,10H2,1-3H3,(H,11,12)(H,13,14);5H,4H2,1-3H3/t6-,7-;7-/m01/s1. The number of carbonyl (C=O) groups excluding carboxylic acids is 1. The first-order valence-electron chi connectivity index (χ1n) is 7.06. The smallest absolute Gasteiger partial charge is 0.325 e. The van der Waals surface area contributed by atoms with E-state index in [0.29, 0.717) is 18.3 Å². The molecule has 126 valence electrons. The minimum absolute atomic E-state index is 0.316. The predicted molar refractivity (Wildman–Crippen MR) is 86.4 cm³/mol. The van der Waals surface area contributed by atoms with E-state index in [-0.39, 0.29) is 0 Å². The Morgan fingerprint density at radius 2 is 1.62 bits per heavy atom. The first-order valence-corrected chi connectivity index (χ1v) is 8.78. The zero-order chi connectivity index (χ0) is 17.2. The highest BCUT2D eigenvalue weighted by molar-refractivity contribution is 7.84. The van der Waals surface area contributed by atoms with Gasteiger partial charge in [0, 0.05) is 22.8 Å². The Labute approximate surface area is 130 Å². The third kappa shape index (κ3) is 15.3. The second kappa shape index (κ2) is 11.7. The summed E-state index contributed by atoms with van der Waals surface area (Å²) in [6.07, 6.45) is 2.29. The number of aliphatic carboxylic acids is 1. The third-order valence-corrected chi connectivity index (χ3v) is 3.50. The molecule has 0 aliphatic rings. The molecule has 0 unspecified atom stereocenters. The maximum atomic E-state index is 11.3. The van der Waals surface area contributed by atoms with Crippen molar-refractivity contribution in [3.8, 4) is 0 Å². The Bertz CT molecular complexity index is 346. The average molecular weight is 322 g/mol. The van der Waals surface area contributed by atoms with Crippen molar-refractivity contribution in [3.63, 3.8) is 0 Å². The molecule has 0 rings (SSSR count). The Balaban J connectivity index is 0. The molecule has 1 amide bonds. The van der Waals surface area contributed by atoms with E-state index in [1.165, 1.54) is 6.92 Å². The molecule has 0 fully saturated rings. The average Bonchev–Trinajstić information content (AvgIpc) is 2.26. The monoisotopic (exact) mass is 322 g/mol. The molecule has 0 spiro atoms. The fourth-order valence-corrected chi connectivity index (χ4v) is 2.41. The largest absolute Gasteiger partial charge is 0.480 e. The summed E-state index contributed by atoms with van der Waals surface area (Å²) in [7, 11) is -0.596. The minimum Gasteiger partial charge on any atom is -0.480 e. The molecule has 0 aromatic carbocycles. The summed E-state index contributed by atoms with van der Waals surface area (Å²) < 4.78 is 10.4. The number of amides is 1. The summed E-state index contributed by atoms with van der Waals surface area (Å²) >= 11 is 0. The Morgan fingerprint density at radius 1 is 1.14 bits per heavy atom. The van der Waals surface area contributed by atoms with Gasteiger partial charge in [-0.15, -0.1) is 0 Å². The summed E-state index contributed by atoms with van der Waals surface area (Å²) in [5.41, 5.74) is 5.56. The molecule has 0 bridgehead atoms. The molecule has 7 heteroatoms. The lowest BCUT2D eigenvalue weighted by atomic mass is 10.0. The van der Waals surface area contributed by atoms with Gasteiger partial charge in [-0.1, -0.05) is 27.7 Å². The topological polar surface area (TPSA) is 109 Å². The molecular formula is C14H30N2O4S. The minimum atomic E-state index is -1.06. The molecule has 0 aliphatic heterocycles. The number of hydrogen-bond donors (Lipinski definition) is 3. The second-order valence-corrected chi connectivity index (χ2v) is 7.42. The van der Waals surface area contributed by atoms with Crippen molar-refractivity contribution >= 4 is 22.7 Å². The highest BCUT2D eigenvalue weighted by atomic mass is 32.2. The van der Waals surface area contributed by atoms with Gasteiger partial charge in [-0.2, -0.15) is 0 Å². The maximum absolute atomic E-state index is 11.3. The lowest BCUT2D eigenvalue weighted by Crippen LogP contribution is -2.47. The normalized spacial score (nSPS) is 14.9. The number of nitrogens with two attached hydrogens (primary N) is 1. The van der Waals surface area contributed by atoms with E-state index in [4.69, 9.17) is 10.8 Å². The quantitative estimate of drug-likeness (QED) is 0.647. The van der Waals surface area contributed by atoms with Crippen molar-refractivity contribution < 1.29 is 18.9 Å². The molecule has 0 aromatic heterocycles. The molecule has 3 atom stereocenters. The second-order valence-electron chi connectivity index (χ2n) is 5.94. The van der Waals surface area contributed by atoms with Crippen LogP contribution >= 0.6 is 0 Å². The molecule has 0 aromatic rings. The first kappa shape index (κ1) is 22.3. The van der Waals surface area contributed by atoms with Crippen LogP contribution < -0.4 is 11.1 Å². The number of carbonyl (C=O) groups is 2. The van der Waals surface area contributed by atoms with Crippen LogP contribution in [-0.4, -0.2) is 45.3 Å². The van der Waals surface area contributed by atoms with Crippen molar-refractivity contribution in [2.45, 2.75) is 53.1 Å². The lowest BCUT2D eigenvalue weighted by Gasteiger charge is -2.16. The van der Waals surface area contributed by atoms with Gasteiger partial charge in [0.1, 0.15) is 6.04 Å². The van der Waals surface area contributed by atoms with Crippen molar-refractivity contribution in [2.75, 3.05) is 12.0 Å². The van der Waals surface area contributed by atoms with Gasteiger partial charge in [-0.05, 0) is 25.2 Å². The van der Waals surface area contributed by atoms with Crippen LogP contribution in [0.5, 0.6) is 0 Å². The Morgan fingerprint density at radius 3 is 1.86 bits per heavy atom. The molecule has 21 heavy (non-hydrogen) atoms. The number of carboxylic acid groups (broad SMARTS) is 1. The molecule has 0 saturated carbocycles. The summed E-state index contributed by atoms with van der Waals surface area (Å²) in [6.45, 7) is 9.45. The van der Waals surface area contributed by atoms with Gasteiger partial charge in [0.05, 0.1) is 6.04 Å². The maximum Gasteiger partial charge on any atom is 0.325 e. The van der Waals surface area contributed by atoms with Crippen LogP contribution in [0.1, 0.15) is 41.0 Å². The van der Waals surface area contributed by atoms with Crippen LogP contribution in [0.4, 0.5) is 0 Å². The molecule has 0 radical (unpaired) electrons. The number of nitrogens with one attached hydrogen (secondary N) is 1. The number of hydrogen-bond acceptors (Lipinski definition) is 4. The van der Waals surface area contributed by atoms with Crippen molar-refractivity contribution in [2.24, 2.45) is 17.6 Å². The van der Waals surface area contributed by atoms with E-state index in [0.717, 1.165) is 5.75 Å². The molecule has 6 nitrogen and oxygen atoms in total. The Hall–Kier alpha value is -0.950. The Kier molecular flexibility index (Phi) is 12.4. The summed E-state index contributed by atoms with van der Waals surface area (Å²) in [5.74, 6) is 0.255. The molecule has 0 aliphatic carbocycles. The van der Waals surface area contributed by atoms with Gasteiger partial charge in [0.2, 0.25) is 5.91 Å².